The highest BCUT2D eigenvalue weighted by molar-refractivity contribution is 5.76. The highest BCUT2D eigenvalue weighted by Gasteiger charge is 2.10. The molecule has 0 saturated heterocycles. The van der Waals surface area contributed by atoms with Gasteiger partial charge in [-0.2, -0.15) is 0 Å². The summed E-state index contributed by atoms with van der Waals surface area (Å²) in [5.41, 5.74) is 5.48. The van der Waals surface area contributed by atoms with Crippen LogP contribution >= 0.6 is 0 Å². The Morgan fingerprint density at radius 3 is 2.67 bits per heavy atom. The van der Waals surface area contributed by atoms with E-state index in [-0.39, 0.29) is 11.9 Å². The lowest BCUT2D eigenvalue weighted by Gasteiger charge is -2.16. The summed E-state index contributed by atoms with van der Waals surface area (Å²) in [6.45, 7) is 5.31. The molecule has 0 saturated carbocycles. The van der Waals surface area contributed by atoms with Gasteiger partial charge in [0, 0.05) is 13.5 Å². The molecule has 4 nitrogen and oxygen atoms in total. The molecule has 90 valence electrons. The Bertz CT molecular complexity index is 174. The molecule has 0 aromatic carbocycles. The maximum absolute atomic E-state index is 11.5. The summed E-state index contributed by atoms with van der Waals surface area (Å²) >= 11 is 0. The molecule has 0 aromatic heterocycles. The smallest absolute Gasteiger partial charge is 0.220 e. The van der Waals surface area contributed by atoms with Crippen LogP contribution in [0.15, 0.2) is 0 Å². The molecule has 15 heavy (non-hydrogen) atoms. The van der Waals surface area contributed by atoms with Crippen molar-refractivity contribution in [3.05, 3.63) is 0 Å². The van der Waals surface area contributed by atoms with Crippen molar-refractivity contribution in [1.29, 1.82) is 0 Å². The van der Waals surface area contributed by atoms with Gasteiger partial charge in [-0.05, 0) is 25.3 Å². The Hall–Kier alpha value is -0.610. The Labute approximate surface area is 92.6 Å². The minimum absolute atomic E-state index is 0.0965. The highest BCUT2D eigenvalue weighted by Crippen LogP contribution is 2.03. The second kappa shape index (κ2) is 8.68. The molecular weight excluding hydrogens is 192 g/mol. The maximum Gasteiger partial charge on any atom is 0.220 e. The van der Waals surface area contributed by atoms with Gasteiger partial charge in [0.25, 0.3) is 0 Å². The number of rotatable bonds is 8. The van der Waals surface area contributed by atoms with E-state index in [0.717, 1.165) is 12.8 Å². The van der Waals surface area contributed by atoms with Crippen LogP contribution < -0.4 is 11.1 Å². The van der Waals surface area contributed by atoms with Crippen molar-refractivity contribution >= 4 is 5.91 Å². The molecule has 0 heterocycles. The number of nitrogens with one attached hydrogen (secondary N) is 1. The summed E-state index contributed by atoms with van der Waals surface area (Å²) in [6, 6.07) is 0.135. The molecule has 0 aliphatic heterocycles. The van der Waals surface area contributed by atoms with Crippen LogP contribution in [-0.2, 0) is 9.53 Å². The average Bonchev–Trinajstić information content (AvgIpc) is 2.25. The summed E-state index contributed by atoms with van der Waals surface area (Å²) in [5.74, 6) is 0.512. The molecule has 0 aliphatic rings. The van der Waals surface area contributed by atoms with E-state index < -0.39 is 0 Å². The van der Waals surface area contributed by atoms with Crippen LogP contribution in [-0.4, -0.2) is 32.2 Å². The number of carbonyl (C=O) groups excluding carboxylic acids is 1. The van der Waals surface area contributed by atoms with Gasteiger partial charge < -0.3 is 15.8 Å². The first-order chi connectivity index (χ1) is 7.13. The molecule has 0 spiro atoms. The van der Waals surface area contributed by atoms with Gasteiger partial charge in [-0.15, -0.1) is 0 Å². The number of amides is 1. The van der Waals surface area contributed by atoms with Crippen molar-refractivity contribution in [3.8, 4) is 0 Å². The lowest BCUT2D eigenvalue weighted by atomic mass is 10.1. The SMILES string of the molecule is CCC(COC)NC(=O)CCC(C)CN. The van der Waals surface area contributed by atoms with Gasteiger partial charge in [-0.1, -0.05) is 13.8 Å². The van der Waals surface area contributed by atoms with E-state index in [9.17, 15) is 4.79 Å². The molecule has 1 amide bonds. The highest BCUT2D eigenvalue weighted by atomic mass is 16.5. The third-order valence-corrected chi connectivity index (χ3v) is 2.49. The predicted molar refractivity (Wildman–Crippen MR) is 61.6 cm³/mol. The molecule has 2 unspecified atom stereocenters. The molecule has 2 atom stereocenters. The molecule has 0 bridgehead atoms. The Balaban J connectivity index is 3.70. The zero-order chi connectivity index (χ0) is 11.7. The van der Waals surface area contributed by atoms with Crippen LogP contribution in [0.25, 0.3) is 0 Å². The van der Waals surface area contributed by atoms with E-state index >= 15 is 0 Å². The number of hydrogen-bond donors (Lipinski definition) is 2. The quantitative estimate of drug-likeness (QED) is 0.633. The van der Waals surface area contributed by atoms with E-state index in [2.05, 4.69) is 12.2 Å². The van der Waals surface area contributed by atoms with Crippen LogP contribution in [0.1, 0.15) is 33.1 Å². The summed E-state index contributed by atoms with van der Waals surface area (Å²) in [7, 11) is 1.64. The zero-order valence-electron chi connectivity index (χ0n) is 10.1. The summed E-state index contributed by atoms with van der Waals surface area (Å²) in [6.07, 6.45) is 2.30. The van der Waals surface area contributed by atoms with Crippen molar-refractivity contribution in [3.63, 3.8) is 0 Å². The van der Waals surface area contributed by atoms with Gasteiger partial charge in [-0.3, -0.25) is 4.79 Å². The van der Waals surface area contributed by atoms with Gasteiger partial charge in [0.15, 0.2) is 0 Å². The molecule has 4 heteroatoms. The monoisotopic (exact) mass is 216 g/mol. The van der Waals surface area contributed by atoms with E-state index in [0.29, 0.717) is 25.5 Å². The molecule has 0 fully saturated rings. The molecule has 0 radical (unpaired) electrons. The minimum atomic E-state index is 0.0965. The fourth-order valence-corrected chi connectivity index (χ4v) is 1.26. The van der Waals surface area contributed by atoms with Gasteiger partial charge in [0.05, 0.1) is 12.6 Å². The van der Waals surface area contributed by atoms with Crippen LogP contribution in [0.4, 0.5) is 0 Å². The Morgan fingerprint density at radius 1 is 1.53 bits per heavy atom. The van der Waals surface area contributed by atoms with E-state index in [1.54, 1.807) is 7.11 Å². The Kier molecular flexibility index (Phi) is 8.33. The number of methoxy groups -OCH3 is 1. The van der Waals surface area contributed by atoms with Crippen molar-refractivity contribution in [2.24, 2.45) is 11.7 Å². The average molecular weight is 216 g/mol. The maximum atomic E-state index is 11.5. The number of hydrogen-bond acceptors (Lipinski definition) is 3. The van der Waals surface area contributed by atoms with E-state index in [4.69, 9.17) is 10.5 Å². The standard InChI is InChI=1S/C11H24N2O2/c1-4-10(8-15-3)13-11(14)6-5-9(2)7-12/h9-10H,4-8,12H2,1-3H3,(H,13,14). The van der Waals surface area contributed by atoms with Crippen LogP contribution in [0.2, 0.25) is 0 Å². The lowest BCUT2D eigenvalue weighted by Crippen LogP contribution is -2.37. The summed E-state index contributed by atoms with van der Waals surface area (Å²) in [4.78, 5) is 11.5. The topological polar surface area (TPSA) is 64.3 Å². The first-order valence-corrected chi connectivity index (χ1v) is 5.62. The third kappa shape index (κ3) is 7.33. The zero-order valence-corrected chi connectivity index (χ0v) is 10.1. The van der Waals surface area contributed by atoms with E-state index in [1.165, 1.54) is 0 Å². The van der Waals surface area contributed by atoms with Crippen molar-refractivity contribution in [1.82, 2.24) is 5.32 Å². The van der Waals surface area contributed by atoms with Crippen molar-refractivity contribution in [2.75, 3.05) is 20.3 Å². The van der Waals surface area contributed by atoms with Crippen molar-refractivity contribution < 1.29 is 9.53 Å². The number of ether oxygens (including phenoxy) is 1. The number of nitrogens with two attached hydrogens (primary N) is 1. The number of carbonyl (C=O) groups is 1. The van der Waals surface area contributed by atoms with Gasteiger partial charge in [0.2, 0.25) is 5.91 Å². The van der Waals surface area contributed by atoms with Gasteiger partial charge >= 0.3 is 0 Å². The van der Waals surface area contributed by atoms with Crippen molar-refractivity contribution in [2.45, 2.75) is 39.2 Å². The molecule has 0 aromatic rings. The van der Waals surface area contributed by atoms with Crippen LogP contribution in [0.5, 0.6) is 0 Å². The summed E-state index contributed by atoms with van der Waals surface area (Å²) in [5, 5.41) is 2.94. The fourth-order valence-electron chi connectivity index (χ4n) is 1.26. The first kappa shape index (κ1) is 14.4. The molecule has 3 N–H and O–H groups in total. The molecule has 0 aliphatic carbocycles. The largest absolute Gasteiger partial charge is 0.383 e. The minimum Gasteiger partial charge on any atom is -0.383 e. The normalized spacial score (nSPS) is 14.7. The van der Waals surface area contributed by atoms with Crippen LogP contribution in [0.3, 0.4) is 0 Å². The first-order valence-electron chi connectivity index (χ1n) is 5.62. The second-order valence-corrected chi connectivity index (χ2v) is 4.01. The second-order valence-electron chi connectivity index (χ2n) is 4.01. The lowest BCUT2D eigenvalue weighted by molar-refractivity contribution is -0.122. The van der Waals surface area contributed by atoms with Gasteiger partial charge in [0.1, 0.15) is 0 Å². The molecule has 0 rings (SSSR count). The summed E-state index contributed by atoms with van der Waals surface area (Å²) < 4.78 is 5.01. The molecular formula is C11H24N2O2. The Morgan fingerprint density at radius 2 is 2.20 bits per heavy atom. The van der Waals surface area contributed by atoms with E-state index in [1.807, 2.05) is 6.92 Å². The van der Waals surface area contributed by atoms with Gasteiger partial charge in [-0.25, -0.2) is 0 Å². The fraction of sp³-hybridized carbons (Fsp3) is 0.909. The van der Waals surface area contributed by atoms with Crippen LogP contribution in [0, 0.1) is 5.92 Å². The predicted octanol–water partition coefficient (Wildman–Crippen LogP) is 0.903. The third-order valence-electron chi connectivity index (χ3n) is 2.49.